The first-order valence-electron chi connectivity index (χ1n) is 13.3. The van der Waals surface area contributed by atoms with Crippen LogP contribution in [0.25, 0.3) is 0 Å². The fourth-order valence-electron chi connectivity index (χ4n) is 3.80. The van der Waals surface area contributed by atoms with Crippen molar-refractivity contribution in [3.8, 4) is 5.75 Å². The highest BCUT2D eigenvalue weighted by Gasteiger charge is 2.26. The van der Waals surface area contributed by atoms with Crippen molar-refractivity contribution in [2.75, 3.05) is 19.7 Å². The zero-order valence-electron chi connectivity index (χ0n) is 23.5. The molecule has 0 saturated heterocycles. The number of hydrogen-bond acceptors (Lipinski definition) is 5. The zero-order valence-corrected chi connectivity index (χ0v) is 23.5. The second kappa shape index (κ2) is 15.0. The van der Waals surface area contributed by atoms with Crippen LogP contribution in [0.4, 0.5) is 4.79 Å². The molecular formula is C30H43N3O5. The van der Waals surface area contributed by atoms with Crippen molar-refractivity contribution in [2.24, 2.45) is 5.92 Å². The van der Waals surface area contributed by atoms with Gasteiger partial charge in [-0.05, 0) is 63.3 Å². The average molecular weight is 526 g/mol. The van der Waals surface area contributed by atoms with Crippen LogP contribution in [0.15, 0.2) is 54.6 Å². The Morgan fingerprint density at radius 2 is 1.47 bits per heavy atom. The van der Waals surface area contributed by atoms with Crippen LogP contribution in [0.1, 0.15) is 77.5 Å². The normalized spacial score (nSPS) is 13.5. The number of alkyl carbamates (subject to hydrolysis) is 1. The second-order valence-electron chi connectivity index (χ2n) is 10.6. The molecule has 38 heavy (non-hydrogen) atoms. The van der Waals surface area contributed by atoms with Gasteiger partial charge in [0, 0.05) is 13.1 Å². The molecular weight excluding hydrogens is 482 g/mol. The molecule has 3 amide bonds. The van der Waals surface area contributed by atoms with E-state index in [4.69, 9.17) is 9.47 Å². The third kappa shape index (κ3) is 10.8. The number of amides is 3. The summed E-state index contributed by atoms with van der Waals surface area (Å²) < 4.78 is 11.1. The van der Waals surface area contributed by atoms with Crippen LogP contribution in [0, 0.1) is 5.92 Å². The first-order valence-corrected chi connectivity index (χ1v) is 13.3. The lowest BCUT2D eigenvalue weighted by Crippen LogP contribution is -2.44. The van der Waals surface area contributed by atoms with Gasteiger partial charge in [0.1, 0.15) is 17.4 Å². The first-order chi connectivity index (χ1) is 18.0. The number of carbonyl (C=O) groups is 3. The predicted octanol–water partition coefficient (Wildman–Crippen LogP) is 5.10. The lowest BCUT2D eigenvalue weighted by molar-refractivity contribution is -0.129. The molecule has 3 atom stereocenters. The van der Waals surface area contributed by atoms with Crippen LogP contribution >= 0.6 is 0 Å². The van der Waals surface area contributed by atoms with Crippen molar-refractivity contribution in [3.05, 3.63) is 65.7 Å². The fraction of sp³-hybridized carbons (Fsp3) is 0.500. The molecule has 0 spiro atoms. The molecule has 0 aromatic heterocycles. The molecule has 0 saturated carbocycles. The molecule has 0 aliphatic carbocycles. The molecule has 8 nitrogen and oxygen atoms in total. The van der Waals surface area contributed by atoms with Crippen molar-refractivity contribution in [1.29, 1.82) is 0 Å². The molecule has 1 unspecified atom stereocenters. The summed E-state index contributed by atoms with van der Waals surface area (Å²) >= 11 is 0. The second-order valence-corrected chi connectivity index (χ2v) is 10.6. The quantitative estimate of drug-likeness (QED) is 0.316. The van der Waals surface area contributed by atoms with Gasteiger partial charge in [0.2, 0.25) is 11.8 Å². The summed E-state index contributed by atoms with van der Waals surface area (Å²) in [5.41, 5.74) is 0.878. The largest absolute Gasteiger partial charge is 0.493 e. The van der Waals surface area contributed by atoms with Gasteiger partial charge in [0.05, 0.1) is 12.5 Å². The Labute approximate surface area is 226 Å². The molecule has 3 N–H and O–H groups in total. The Morgan fingerprint density at radius 3 is 2.08 bits per heavy atom. The predicted molar refractivity (Wildman–Crippen MR) is 149 cm³/mol. The van der Waals surface area contributed by atoms with Crippen molar-refractivity contribution < 1.29 is 23.9 Å². The highest BCUT2D eigenvalue weighted by atomic mass is 16.6. The van der Waals surface area contributed by atoms with E-state index in [2.05, 4.69) is 29.8 Å². The van der Waals surface area contributed by atoms with E-state index in [1.54, 1.807) is 39.8 Å². The van der Waals surface area contributed by atoms with Crippen LogP contribution in [-0.2, 0) is 14.3 Å². The molecule has 208 valence electrons. The molecule has 2 aromatic rings. The van der Waals surface area contributed by atoms with Gasteiger partial charge in [0.25, 0.3) is 0 Å². The molecule has 2 rings (SSSR count). The molecule has 0 bridgehead atoms. The van der Waals surface area contributed by atoms with Crippen molar-refractivity contribution in [2.45, 2.75) is 71.9 Å². The van der Waals surface area contributed by atoms with E-state index in [1.807, 2.05) is 42.5 Å². The van der Waals surface area contributed by atoms with E-state index >= 15 is 0 Å². The summed E-state index contributed by atoms with van der Waals surface area (Å²) in [4.78, 5) is 38.1. The fourth-order valence-corrected chi connectivity index (χ4v) is 3.80. The minimum atomic E-state index is -0.914. The van der Waals surface area contributed by atoms with E-state index in [9.17, 15) is 14.4 Å². The Hall–Kier alpha value is -3.55. The van der Waals surface area contributed by atoms with Gasteiger partial charge < -0.3 is 25.4 Å². The topological polar surface area (TPSA) is 106 Å². The summed E-state index contributed by atoms with van der Waals surface area (Å²) in [5, 5.41) is 8.31. The molecule has 2 aromatic carbocycles. The summed E-state index contributed by atoms with van der Waals surface area (Å²) in [6, 6.07) is 15.7. The number of benzene rings is 2. The SMILES string of the molecule is CCCC(C)COc1ccc([C@@H](NC(=O)[C@@H](C)c2ccccc2)C(=O)NCCNC(=O)OC(C)(C)C)cc1. The maximum absolute atomic E-state index is 13.2. The Balaban J connectivity index is 2.08. The minimum absolute atomic E-state index is 0.176. The standard InChI is InChI=1S/C30H43N3O5/c1-7-11-21(2)20-37-25-16-14-24(15-17-25)26(33-27(34)22(3)23-12-9-8-10-13-23)28(35)31-18-19-32-29(36)38-30(4,5)6/h8-10,12-17,21-22,26H,7,11,18-20H2,1-6H3,(H,31,35)(H,32,36)(H,33,34)/t21?,22-,26+/m0/s1. The lowest BCUT2D eigenvalue weighted by Gasteiger charge is -2.22. The van der Waals surface area contributed by atoms with Gasteiger partial charge in [-0.1, -0.05) is 62.7 Å². The third-order valence-electron chi connectivity index (χ3n) is 5.86. The summed E-state index contributed by atoms with van der Waals surface area (Å²) in [6.45, 7) is 12.4. The number of nitrogens with one attached hydrogen (secondary N) is 3. The van der Waals surface area contributed by atoms with Gasteiger partial charge >= 0.3 is 6.09 Å². The first kappa shape index (κ1) is 30.7. The number of rotatable bonds is 13. The van der Waals surface area contributed by atoms with Gasteiger partial charge in [-0.2, -0.15) is 0 Å². The monoisotopic (exact) mass is 525 g/mol. The summed E-state index contributed by atoms with van der Waals surface area (Å²) in [6.07, 6.45) is 1.64. The van der Waals surface area contributed by atoms with Gasteiger partial charge in [0.15, 0.2) is 0 Å². The molecule has 0 fully saturated rings. The Bertz CT molecular complexity index is 1020. The van der Waals surface area contributed by atoms with Crippen LogP contribution in [0.2, 0.25) is 0 Å². The molecule has 8 heteroatoms. The average Bonchev–Trinajstić information content (AvgIpc) is 2.88. The zero-order chi connectivity index (χ0) is 28.1. The number of carbonyl (C=O) groups excluding carboxylic acids is 3. The summed E-state index contributed by atoms with van der Waals surface area (Å²) in [7, 11) is 0. The van der Waals surface area contributed by atoms with Gasteiger partial charge in [-0.25, -0.2) is 4.79 Å². The van der Waals surface area contributed by atoms with E-state index in [-0.39, 0.29) is 24.9 Å². The van der Waals surface area contributed by atoms with Crippen LogP contribution in [0.5, 0.6) is 5.75 Å². The van der Waals surface area contributed by atoms with Crippen LogP contribution in [0.3, 0.4) is 0 Å². The van der Waals surface area contributed by atoms with Crippen LogP contribution in [-0.4, -0.2) is 43.2 Å². The van der Waals surface area contributed by atoms with Crippen molar-refractivity contribution in [3.63, 3.8) is 0 Å². The van der Waals surface area contributed by atoms with E-state index in [0.717, 1.165) is 18.4 Å². The Morgan fingerprint density at radius 1 is 0.842 bits per heavy atom. The summed E-state index contributed by atoms with van der Waals surface area (Å²) in [5.74, 6) is 0.0717. The molecule has 0 aliphatic rings. The Kier molecular flexibility index (Phi) is 12.1. The highest BCUT2D eigenvalue weighted by Crippen LogP contribution is 2.22. The van der Waals surface area contributed by atoms with Crippen LogP contribution < -0.4 is 20.7 Å². The smallest absolute Gasteiger partial charge is 0.407 e. The van der Waals surface area contributed by atoms with E-state index in [1.165, 1.54) is 0 Å². The maximum Gasteiger partial charge on any atom is 0.407 e. The van der Waals surface area contributed by atoms with Gasteiger partial charge in [-0.15, -0.1) is 0 Å². The third-order valence-corrected chi connectivity index (χ3v) is 5.86. The maximum atomic E-state index is 13.2. The van der Waals surface area contributed by atoms with Gasteiger partial charge in [-0.3, -0.25) is 9.59 Å². The molecule has 0 aliphatic heterocycles. The number of ether oxygens (including phenoxy) is 2. The number of hydrogen-bond donors (Lipinski definition) is 3. The van der Waals surface area contributed by atoms with Crippen molar-refractivity contribution >= 4 is 17.9 Å². The lowest BCUT2D eigenvalue weighted by atomic mass is 9.99. The molecule has 0 heterocycles. The highest BCUT2D eigenvalue weighted by molar-refractivity contribution is 5.91. The van der Waals surface area contributed by atoms with Crippen molar-refractivity contribution in [1.82, 2.24) is 16.0 Å². The molecule has 0 radical (unpaired) electrons. The van der Waals surface area contributed by atoms with E-state index in [0.29, 0.717) is 23.8 Å². The van der Waals surface area contributed by atoms with E-state index < -0.39 is 23.7 Å². The minimum Gasteiger partial charge on any atom is -0.493 e.